The molecule has 3 aliphatic heterocycles. The molecule has 0 radical (unpaired) electrons. The summed E-state index contributed by atoms with van der Waals surface area (Å²) in [5.41, 5.74) is 4.07. The average molecular weight is 431 g/mol. The number of benzene rings is 3. The van der Waals surface area contributed by atoms with Crippen molar-refractivity contribution in [2.24, 2.45) is 5.92 Å². The molecule has 3 aromatic carbocycles. The average Bonchev–Trinajstić information content (AvgIpc) is 2.83. The maximum absolute atomic E-state index is 6.41. The zero-order valence-corrected chi connectivity index (χ0v) is 18.7. The summed E-state index contributed by atoms with van der Waals surface area (Å²) in [4.78, 5) is 2.75. The molecule has 3 fully saturated rings. The van der Waals surface area contributed by atoms with Crippen LogP contribution in [0.5, 0.6) is 0 Å². The summed E-state index contributed by atoms with van der Waals surface area (Å²) in [6, 6.07) is 31.4. The monoisotopic (exact) mass is 430 g/mol. The van der Waals surface area contributed by atoms with E-state index in [9.17, 15) is 0 Å². The summed E-state index contributed by atoms with van der Waals surface area (Å²) in [6.07, 6.45) is 3.57. The summed E-state index contributed by atoms with van der Waals surface area (Å²) in [6.45, 7) is 3.40. The fourth-order valence-electron chi connectivity index (χ4n) is 5.77. The minimum atomic E-state index is 0.378. The molecule has 0 spiro atoms. The molecule has 1 N–H and O–H groups in total. The zero-order valence-electron chi connectivity index (χ0n) is 18.0. The van der Waals surface area contributed by atoms with Crippen molar-refractivity contribution in [2.75, 3.05) is 19.6 Å². The third-order valence-corrected chi connectivity index (χ3v) is 7.63. The largest absolute Gasteiger partial charge is 0.312 e. The smallest absolute Gasteiger partial charge is 0.0438 e. The highest BCUT2D eigenvalue weighted by atomic mass is 35.5. The van der Waals surface area contributed by atoms with Crippen molar-refractivity contribution in [1.82, 2.24) is 10.2 Å². The first-order valence-corrected chi connectivity index (χ1v) is 12.0. The number of hydrogen-bond donors (Lipinski definition) is 1. The molecule has 2 nitrogen and oxygen atoms in total. The van der Waals surface area contributed by atoms with Crippen molar-refractivity contribution in [3.63, 3.8) is 0 Å². The van der Waals surface area contributed by atoms with E-state index in [1.165, 1.54) is 42.6 Å². The molecule has 2 bridgehead atoms. The summed E-state index contributed by atoms with van der Waals surface area (Å²) in [7, 11) is 0. The van der Waals surface area contributed by atoms with Crippen LogP contribution in [0.1, 0.15) is 35.4 Å². The Balaban J connectivity index is 1.43. The molecule has 160 valence electrons. The van der Waals surface area contributed by atoms with E-state index in [4.69, 9.17) is 11.6 Å². The van der Waals surface area contributed by atoms with Crippen molar-refractivity contribution in [2.45, 2.75) is 37.3 Å². The van der Waals surface area contributed by atoms with Gasteiger partial charge in [0, 0.05) is 23.0 Å². The summed E-state index contributed by atoms with van der Waals surface area (Å²) >= 11 is 6.41. The Labute approximate surface area is 191 Å². The van der Waals surface area contributed by atoms with Crippen molar-refractivity contribution in [3.05, 3.63) is 107 Å². The lowest BCUT2D eigenvalue weighted by Crippen LogP contribution is -2.64. The molecule has 0 aromatic heterocycles. The number of halogens is 1. The minimum absolute atomic E-state index is 0.378. The van der Waals surface area contributed by atoms with Gasteiger partial charge in [-0.2, -0.15) is 0 Å². The predicted octanol–water partition coefficient (Wildman–Crippen LogP) is 5.77. The van der Waals surface area contributed by atoms with Crippen molar-refractivity contribution >= 4 is 11.6 Å². The van der Waals surface area contributed by atoms with E-state index < -0.39 is 0 Å². The highest BCUT2D eigenvalue weighted by Gasteiger charge is 2.46. The van der Waals surface area contributed by atoms with Gasteiger partial charge in [0.1, 0.15) is 0 Å². The minimum Gasteiger partial charge on any atom is -0.312 e. The van der Waals surface area contributed by atoms with E-state index in [0.29, 0.717) is 18.0 Å². The van der Waals surface area contributed by atoms with Gasteiger partial charge in [0.25, 0.3) is 0 Å². The van der Waals surface area contributed by atoms with Gasteiger partial charge >= 0.3 is 0 Å². The molecule has 0 amide bonds. The maximum Gasteiger partial charge on any atom is 0.0438 e. The van der Waals surface area contributed by atoms with E-state index in [2.05, 4.69) is 83.0 Å². The highest BCUT2D eigenvalue weighted by Crippen LogP contribution is 2.42. The SMILES string of the molecule is Clc1ccccc1CCN[C@@H]1C2CCN(CC2)[C@@H]1C(c1ccccc1)c1ccccc1. The number of hydrogen-bond acceptors (Lipinski definition) is 2. The van der Waals surface area contributed by atoms with Crippen LogP contribution in [0.25, 0.3) is 0 Å². The molecule has 0 aliphatic carbocycles. The predicted molar refractivity (Wildman–Crippen MR) is 130 cm³/mol. The normalized spacial score (nSPS) is 25.1. The lowest BCUT2D eigenvalue weighted by molar-refractivity contribution is 0.00567. The number of fused-ring (bicyclic) bond motifs is 3. The highest BCUT2D eigenvalue weighted by molar-refractivity contribution is 6.31. The first-order valence-electron chi connectivity index (χ1n) is 11.6. The second kappa shape index (κ2) is 9.56. The van der Waals surface area contributed by atoms with Crippen LogP contribution >= 0.6 is 11.6 Å². The van der Waals surface area contributed by atoms with Crippen LogP contribution in [0, 0.1) is 5.92 Å². The van der Waals surface area contributed by atoms with Gasteiger partial charge in [0.15, 0.2) is 0 Å². The number of piperidine rings is 3. The zero-order chi connectivity index (χ0) is 21.0. The van der Waals surface area contributed by atoms with E-state index in [1.807, 2.05) is 12.1 Å². The summed E-state index contributed by atoms with van der Waals surface area (Å²) < 4.78 is 0. The Hall–Kier alpha value is -2.13. The quantitative estimate of drug-likeness (QED) is 0.512. The van der Waals surface area contributed by atoms with Gasteiger partial charge in [0.2, 0.25) is 0 Å². The molecule has 0 saturated carbocycles. The topological polar surface area (TPSA) is 15.3 Å². The van der Waals surface area contributed by atoms with Crippen molar-refractivity contribution < 1.29 is 0 Å². The first kappa shape index (κ1) is 20.8. The fourth-order valence-corrected chi connectivity index (χ4v) is 6.00. The van der Waals surface area contributed by atoms with Crippen molar-refractivity contribution in [1.29, 1.82) is 0 Å². The van der Waals surface area contributed by atoms with E-state index in [-0.39, 0.29) is 0 Å². The standard InChI is InChI=1S/C28H31ClN2/c29-25-14-8-7-9-21(25)15-18-30-27-24-16-19-31(20-17-24)28(27)26(22-10-3-1-4-11-22)23-12-5-2-6-13-23/h1-14,24,26-28,30H,15-20H2/t27-,28-/m1/s1. The van der Waals surface area contributed by atoms with Crippen LogP contribution in [-0.4, -0.2) is 36.6 Å². The van der Waals surface area contributed by atoms with Crippen LogP contribution in [0.15, 0.2) is 84.9 Å². The van der Waals surface area contributed by atoms with Gasteiger partial charge in [-0.1, -0.05) is 90.5 Å². The Morgan fingerprint density at radius 1 is 0.806 bits per heavy atom. The molecule has 31 heavy (non-hydrogen) atoms. The van der Waals surface area contributed by atoms with Crippen molar-refractivity contribution in [3.8, 4) is 0 Å². The Morgan fingerprint density at radius 3 is 2.00 bits per heavy atom. The van der Waals surface area contributed by atoms with Crippen LogP contribution in [0.3, 0.4) is 0 Å². The van der Waals surface area contributed by atoms with E-state index >= 15 is 0 Å². The number of rotatable bonds is 7. The van der Waals surface area contributed by atoms with Gasteiger partial charge in [-0.3, -0.25) is 4.90 Å². The third-order valence-electron chi connectivity index (χ3n) is 7.26. The van der Waals surface area contributed by atoms with Crippen LogP contribution in [-0.2, 0) is 6.42 Å². The van der Waals surface area contributed by atoms with E-state index in [1.54, 1.807) is 0 Å². The Kier molecular flexibility index (Phi) is 6.40. The fraction of sp³-hybridized carbons (Fsp3) is 0.357. The van der Waals surface area contributed by atoms with Crippen LogP contribution in [0.4, 0.5) is 0 Å². The molecular weight excluding hydrogens is 400 g/mol. The van der Waals surface area contributed by atoms with Gasteiger partial charge in [-0.05, 0) is 67.6 Å². The second-order valence-electron chi connectivity index (χ2n) is 8.98. The molecule has 0 unspecified atom stereocenters. The molecule has 3 heteroatoms. The lowest BCUT2D eigenvalue weighted by atomic mass is 9.70. The van der Waals surface area contributed by atoms with Gasteiger partial charge in [-0.15, -0.1) is 0 Å². The third kappa shape index (κ3) is 4.43. The summed E-state index contributed by atoms with van der Waals surface area (Å²) in [5.74, 6) is 1.12. The van der Waals surface area contributed by atoms with E-state index in [0.717, 1.165) is 23.9 Å². The Bertz CT molecular complexity index is 927. The number of nitrogens with zero attached hydrogens (tertiary/aromatic N) is 1. The summed E-state index contributed by atoms with van der Waals surface area (Å²) in [5, 5.41) is 4.87. The Morgan fingerprint density at radius 2 is 1.39 bits per heavy atom. The maximum atomic E-state index is 6.41. The molecule has 3 heterocycles. The second-order valence-corrected chi connectivity index (χ2v) is 9.39. The van der Waals surface area contributed by atoms with Gasteiger partial charge < -0.3 is 5.32 Å². The van der Waals surface area contributed by atoms with Crippen LogP contribution < -0.4 is 5.32 Å². The molecule has 6 rings (SSSR count). The molecule has 3 aliphatic rings. The number of nitrogens with one attached hydrogen (secondary N) is 1. The van der Waals surface area contributed by atoms with Crippen LogP contribution in [0.2, 0.25) is 5.02 Å². The molecular formula is C28H31ClN2. The molecule has 3 aromatic rings. The van der Waals surface area contributed by atoms with Gasteiger partial charge in [-0.25, -0.2) is 0 Å². The first-order chi connectivity index (χ1) is 15.3. The van der Waals surface area contributed by atoms with Gasteiger partial charge in [0.05, 0.1) is 0 Å². The lowest BCUT2D eigenvalue weighted by Gasteiger charge is -2.54. The molecule has 2 atom stereocenters. The molecule has 3 saturated heterocycles.